The third kappa shape index (κ3) is 4.47. The molecule has 1 aliphatic heterocycles. The predicted molar refractivity (Wildman–Crippen MR) is 101 cm³/mol. The number of ether oxygens (including phenoxy) is 2. The second kappa shape index (κ2) is 8.72. The Balaban J connectivity index is 1.65. The Morgan fingerprint density at radius 2 is 2.31 bits per heavy atom. The van der Waals surface area contributed by atoms with E-state index in [1.165, 1.54) is 11.3 Å². The van der Waals surface area contributed by atoms with Gasteiger partial charge in [0.05, 0.1) is 38.0 Å². The number of amides is 1. The number of anilines is 1. The monoisotopic (exact) mass is 395 g/mol. The van der Waals surface area contributed by atoms with E-state index in [-0.39, 0.29) is 18.5 Å². The molecule has 140 valence electrons. The molecule has 1 aliphatic rings. The number of carbonyl (C=O) groups is 2. The first kappa shape index (κ1) is 19.0. The van der Waals surface area contributed by atoms with Crippen LogP contribution in [-0.2, 0) is 14.3 Å². The molecule has 1 saturated heterocycles. The number of thiazole rings is 1. The van der Waals surface area contributed by atoms with Crippen LogP contribution in [-0.4, -0.2) is 54.7 Å². The Labute approximate surface area is 159 Å². The molecular weight excluding hydrogens is 374 g/mol. The average Bonchev–Trinajstić information content (AvgIpc) is 3.24. The van der Waals surface area contributed by atoms with E-state index in [4.69, 9.17) is 9.47 Å². The number of carbonyl (C=O) groups excluding carboxylic acids is 2. The summed E-state index contributed by atoms with van der Waals surface area (Å²) in [4.78, 5) is 31.1. The van der Waals surface area contributed by atoms with E-state index in [1.54, 1.807) is 29.7 Å². The predicted octanol–water partition coefficient (Wildman–Crippen LogP) is 2.70. The fourth-order valence-electron chi connectivity index (χ4n) is 2.71. The van der Waals surface area contributed by atoms with E-state index in [1.807, 2.05) is 12.3 Å². The van der Waals surface area contributed by atoms with Crippen molar-refractivity contribution in [2.45, 2.75) is 19.9 Å². The van der Waals surface area contributed by atoms with Gasteiger partial charge in [0.15, 0.2) is 0 Å². The lowest BCUT2D eigenvalue weighted by atomic mass is 10.2. The molecule has 1 fully saturated rings. The minimum atomic E-state index is -0.424. The number of nitrogens with one attached hydrogen (secondary N) is 1. The van der Waals surface area contributed by atoms with Crippen molar-refractivity contribution >= 4 is 39.6 Å². The maximum absolute atomic E-state index is 12.5. The van der Waals surface area contributed by atoms with Gasteiger partial charge in [-0.25, -0.2) is 9.78 Å². The van der Waals surface area contributed by atoms with Crippen LogP contribution in [0.25, 0.3) is 0 Å². The molecule has 3 rings (SSSR count). The molecule has 1 atom stereocenters. The molecule has 2 aromatic rings. The fraction of sp³-hybridized carbons (Fsp3) is 0.471. The van der Waals surface area contributed by atoms with Gasteiger partial charge in [0.1, 0.15) is 10.0 Å². The average molecular weight is 396 g/mol. The van der Waals surface area contributed by atoms with Crippen molar-refractivity contribution in [3.05, 3.63) is 33.1 Å². The van der Waals surface area contributed by atoms with Gasteiger partial charge in [-0.2, -0.15) is 0 Å². The van der Waals surface area contributed by atoms with Gasteiger partial charge >= 0.3 is 5.97 Å². The van der Waals surface area contributed by atoms with Gasteiger partial charge in [0.25, 0.3) is 0 Å². The molecular formula is C17H21N3O4S2. The molecule has 0 bridgehead atoms. The number of aromatic nitrogens is 1. The number of hydrogen-bond acceptors (Lipinski definition) is 8. The van der Waals surface area contributed by atoms with Crippen molar-refractivity contribution in [2.75, 3.05) is 38.2 Å². The van der Waals surface area contributed by atoms with Crippen molar-refractivity contribution < 1.29 is 19.1 Å². The van der Waals surface area contributed by atoms with Crippen LogP contribution >= 0.6 is 22.7 Å². The van der Waals surface area contributed by atoms with E-state index in [2.05, 4.69) is 15.2 Å². The maximum Gasteiger partial charge on any atom is 0.341 e. The van der Waals surface area contributed by atoms with Crippen molar-refractivity contribution in [2.24, 2.45) is 0 Å². The third-order valence-corrected chi connectivity index (χ3v) is 5.82. The summed E-state index contributed by atoms with van der Waals surface area (Å²) in [5.41, 5.74) is 1.36. The molecule has 1 N–H and O–H groups in total. The first-order valence-electron chi connectivity index (χ1n) is 8.36. The molecule has 3 heterocycles. The topological polar surface area (TPSA) is 80.8 Å². The standard InChI is InChI=1S/C17H21N3O4S2/c1-3-24-17(22)12-4-7-25-15(12)19-14(21)8-20-5-6-23-9-13(20)16-18-11(2)10-26-16/h4,7,10,13H,3,5-6,8-9H2,1-2H3,(H,19,21). The quantitative estimate of drug-likeness (QED) is 0.758. The Morgan fingerprint density at radius 1 is 1.46 bits per heavy atom. The summed E-state index contributed by atoms with van der Waals surface area (Å²) >= 11 is 2.89. The van der Waals surface area contributed by atoms with Crippen molar-refractivity contribution in [1.29, 1.82) is 0 Å². The van der Waals surface area contributed by atoms with Crippen LogP contribution in [0.1, 0.15) is 34.0 Å². The molecule has 0 radical (unpaired) electrons. The molecule has 26 heavy (non-hydrogen) atoms. The highest BCUT2D eigenvalue weighted by Crippen LogP contribution is 2.28. The van der Waals surface area contributed by atoms with Crippen LogP contribution in [0, 0.1) is 6.92 Å². The van der Waals surface area contributed by atoms with E-state index in [9.17, 15) is 9.59 Å². The van der Waals surface area contributed by atoms with E-state index >= 15 is 0 Å². The van der Waals surface area contributed by atoms with Gasteiger partial charge in [-0.3, -0.25) is 9.69 Å². The molecule has 1 unspecified atom stereocenters. The summed E-state index contributed by atoms with van der Waals surface area (Å²) in [6.45, 7) is 5.98. The van der Waals surface area contributed by atoms with Gasteiger partial charge in [0, 0.05) is 17.6 Å². The summed E-state index contributed by atoms with van der Waals surface area (Å²) in [5.74, 6) is -0.593. The van der Waals surface area contributed by atoms with E-state index in [0.29, 0.717) is 36.9 Å². The molecule has 0 aliphatic carbocycles. The SMILES string of the molecule is CCOC(=O)c1ccsc1NC(=O)CN1CCOCC1c1nc(C)cs1. The van der Waals surface area contributed by atoms with Crippen molar-refractivity contribution in [3.63, 3.8) is 0 Å². The van der Waals surface area contributed by atoms with Crippen LogP contribution in [0.5, 0.6) is 0 Å². The normalized spacial score (nSPS) is 17.8. The molecule has 0 spiro atoms. The van der Waals surface area contributed by atoms with Crippen LogP contribution in [0.3, 0.4) is 0 Å². The van der Waals surface area contributed by atoms with Gasteiger partial charge in [-0.05, 0) is 25.3 Å². The van der Waals surface area contributed by atoms with Crippen molar-refractivity contribution in [3.8, 4) is 0 Å². The van der Waals surface area contributed by atoms with E-state index in [0.717, 1.165) is 10.7 Å². The summed E-state index contributed by atoms with van der Waals surface area (Å²) in [7, 11) is 0. The highest BCUT2D eigenvalue weighted by molar-refractivity contribution is 7.14. The zero-order valence-corrected chi connectivity index (χ0v) is 16.3. The summed E-state index contributed by atoms with van der Waals surface area (Å²) < 4.78 is 10.6. The Hall–Kier alpha value is -1.81. The molecule has 9 heteroatoms. The number of rotatable bonds is 6. The maximum atomic E-state index is 12.5. The highest BCUT2D eigenvalue weighted by atomic mass is 32.1. The lowest BCUT2D eigenvalue weighted by Gasteiger charge is -2.33. The molecule has 7 nitrogen and oxygen atoms in total. The lowest BCUT2D eigenvalue weighted by Crippen LogP contribution is -2.43. The largest absolute Gasteiger partial charge is 0.462 e. The van der Waals surface area contributed by atoms with Gasteiger partial charge < -0.3 is 14.8 Å². The van der Waals surface area contributed by atoms with Gasteiger partial charge in [-0.1, -0.05) is 0 Å². The minimum Gasteiger partial charge on any atom is -0.462 e. The Bertz CT molecular complexity index is 774. The molecule has 0 aromatic carbocycles. The van der Waals surface area contributed by atoms with Gasteiger partial charge in [-0.15, -0.1) is 22.7 Å². The number of nitrogens with zero attached hydrogens (tertiary/aromatic N) is 2. The first-order valence-corrected chi connectivity index (χ1v) is 10.1. The van der Waals surface area contributed by atoms with Crippen LogP contribution in [0.15, 0.2) is 16.8 Å². The minimum absolute atomic E-state index is 0.0268. The van der Waals surface area contributed by atoms with E-state index < -0.39 is 5.97 Å². The fourth-order valence-corrected chi connectivity index (χ4v) is 4.41. The van der Waals surface area contributed by atoms with Crippen LogP contribution in [0.2, 0.25) is 0 Å². The molecule has 1 amide bonds. The van der Waals surface area contributed by atoms with Crippen LogP contribution in [0.4, 0.5) is 5.00 Å². The number of morpholine rings is 1. The summed E-state index contributed by atoms with van der Waals surface area (Å²) in [5, 5.41) is 8.07. The third-order valence-electron chi connectivity index (χ3n) is 3.92. The van der Waals surface area contributed by atoms with Crippen molar-refractivity contribution in [1.82, 2.24) is 9.88 Å². The second-order valence-electron chi connectivity index (χ2n) is 5.82. The van der Waals surface area contributed by atoms with Gasteiger partial charge in [0.2, 0.25) is 5.91 Å². The second-order valence-corrected chi connectivity index (χ2v) is 7.63. The number of thiophene rings is 1. The number of aryl methyl sites for hydroxylation is 1. The molecule has 2 aromatic heterocycles. The smallest absolute Gasteiger partial charge is 0.341 e. The Morgan fingerprint density at radius 3 is 3.04 bits per heavy atom. The first-order chi connectivity index (χ1) is 12.6. The number of hydrogen-bond donors (Lipinski definition) is 1. The zero-order valence-electron chi connectivity index (χ0n) is 14.7. The summed E-state index contributed by atoms with van der Waals surface area (Å²) in [6.07, 6.45) is 0. The zero-order chi connectivity index (χ0) is 18.5. The molecule has 0 saturated carbocycles. The number of esters is 1. The van der Waals surface area contributed by atoms with Crippen LogP contribution < -0.4 is 5.32 Å². The summed E-state index contributed by atoms with van der Waals surface area (Å²) in [6, 6.07) is 1.63. The lowest BCUT2D eigenvalue weighted by molar-refractivity contribution is -0.119. The highest BCUT2D eigenvalue weighted by Gasteiger charge is 2.29. The Kier molecular flexibility index (Phi) is 6.36.